The molecule has 0 saturated heterocycles. The molecule has 0 fully saturated rings. The Morgan fingerprint density at radius 2 is 1.95 bits per heavy atom. The van der Waals surface area contributed by atoms with Crippen LogP contribution in [-0.2, 0) is 5.75 Å². The van der Waals surface area contributed by atoms with E-state index in [1.54, 1.807) is 18.4 Å². The second-order valence-electron chi connectivity index (χ2n) is 3.77. The van der Waals surface area contributed by atoms with Crippen LogP contribution in [0.4, 0.5) is 0 Å². The minimum atomic E-state index is 0.392. The van der Waals surface area contributed by atoms with Gasteiger partial charge in [0.1, 0.15) is 0 Å². The lowest BCUT2D eigenvalue weighted by molar-refractivity contribution is 0.447. The zero-order valence-electron chi connectivity index (χ0n) is 9.75. The summed E-state index contributed by atoms with van der Waals surface area (Å²) in [6.45, 7) is 0. The van der Waals surface area contributed by atoms with Gasteiger partial charge < -0.3 is 8.83 Å². The average Bonchev–Trinajstić information content (AvgIpc) is 3.09. The van der Waals surface area contributed by atoms with Gasteiger partial charge in [0.15, 0.2) is 5.76 Å². The summed E-state index contributed by atoms with van der Waals surface area (Å²) >= 11 is 7.30. The van der Waals surface area contributed by atoms with Gasteiger partial charge in [-0.2, -0.15) is 0 Å². The second kappa shape index (κ2) is 5.50. The van der Waals surface area contributed by atoms with Crippen molar-refractivity contribution in [3.63, 3.8) is 0 Å². The lowest BCUT2D eigenvalue weighted by atomic mass is 10.2. The Morgan fingerprint density at radius 1 is 1.11 bits per heavy atom. The first-order valence-corrected chi connectivity index (χ1v) is 6.92. The van der Waals surface area contributed by atoms with Crippen LogP contribution in [0.25, 0.3) is 11.7 Å². The lowest BCUT2D eigenvalue weighted by Gasteiger charge is -1.97. The van der Waals surface area contributed by atoms with Crippen LogP contribution in [0.1, 0.15) is 5.56 Å². The SMILES string of the molecule is Clc1ccc(CSc2nnc(-c3ccco3)o2)cc1. The molecule has 0 unspecified atom stereocenters. The Labute approximate surface area is 118 Å². The molecule has 0 aliphatic rings. The van der Waals surface area contributed by atoms with Crippen molar-refractivity contribution in [2.75, 3.05) is 0 Å². The van der Waals surface area contributed by atoms with E-state index >= 15 is 0 Å². The number of furan rings is 1. The van der Waals surface area contributed by atoms with Crippen molar-refractivity contribution in [2.45, 2.75) is 11.0 Å². The van der Waals surface area contributed by atoms with Crippen molar-refractivity contribution in [3.8, 4) is 11.7 Å². The van der Waals surface area contributed by atoms with Crippen molar-refractivity contribution in [1.82, 2.24) is 10.2 Å². The molecule has 0 aliphatic heterocycles. The third-order valence-electron chi connectivity index (χ3n) is 2.41. The summed E-state index contributed by atoms with van der Waals surface area (Å²) in [5.74, 6) is 1.71. The summed E-state index contributed by atoms with van der Waals surface area (Å²) in [4.78, 5) is 0. The molecule has 19 heavy (non-hydrogen) atoms. The summed E-state index contributed by atoms with van der Waals surface area (Å²) in [6, 6.07) is 11.2. The van der Waals surface area contributed by atoms with Crippen LogP contribution in [0, 0.1) is 0 Å². The molecule has 4 nitrogen and oxygen atoms in total. The summed E-state index contributed by atoms with van der Waals surface area (Å²) in [7, 11) is 0. The van der Waals surface area contributed by atoms with Crippen molar-refractivity contribution in [2.24, 2.45) is 0 Å². The van der Waals surface area contributed by atoms with Crippen molar-refractivity contribution in [3.05, 3.63) is 53.2 Å². The van der Waals surface area contributed by atoms with E-state index in [1.807, 2.05) is 24.3 Å². The zero-order chi connectivity index (χ0) is 13.1. The van der Waals surface area contributed by atoms with Gasteiger partial charge in [-0.1, -0.05) is 35.5 Å². The van der Waals surface area contributed by atoms with Gasteiger partial charge in [0, 0.05) is 10.8 Å². The van der Waals surface area contributed by atoms with Crippen molar-refractivity contribution >= 4 is 23.4 Å². The maximum atomic E-state index is 5.83. The largest absolute Gasteiger partial charge is 0.459 e. The highest BCUT2D eigenvalue weighted by Gasteiger charge is 2.11. The smallest absolute Gasteiger partial charge is 0.284 e. The standard InChI is InChI=1S/C13H9ClN2O2S/c14-10-5-3-9(4-6-10)8-19-13-16-15-12(18-13)11-2-1-7-17-11/h1-7H,8H2. The van der Waals surface area contributed by atoms with Gasteiger partial charge in [-0.25, -0.2) is 0 Å². The minimum absolute atomic E-state index is 0.392. The number of halogens is 1. The number of thioether (sulfide) groups is 1. The molecule has 3 aromatic rings. The summed E-state index contributed by atoms with van der Waals surface area (Å²) in [6.07, 6.45) is 1.57. The highest BCUT2D eigenvalue weighted by atomic mass is 35.5. The van der Waals surface area contributed by atoms with Gasteiger partial charge in [0.25, 0.3) is 11.1 Å². The van der Waals surface area contributed by atoms with Crippen LogP contribution < -0.4 is 0 Å². The van der Waals surface area contributed by atoms with Crippen molar-refractivity contribution in [1.29, 1.82) is 0 Å². The molecule has 0 N–H and O–H groups in total. The third kappa shape index (κ3) is 3.00. The summed E-state index contributed by atoms with van der Waals surface area (Å²) in [5.41, 5.74) is 1.15. The van der Waals surface area contributed by atoms with Gasteiger partial charge in [-0.3, -0.25) is 0 Å². The Morgan fingerprint density at radius 3 is 2.68 bits per heavy atom. The molecule has 0 bridgehead atoms. The van der Waals surface area contributed by atoms with E-state index in [9.17, 15) is 0 Å². The van der Waals surface area contributed by atoms with Gasteiger partial charge in [0.05, 0.1) is 6.26 Å². The maximum Gasteiger partial charge on any atom is 0.284 e. The maximum absolute atomic E-state index is 5.83. The zero-order valence-corrected chi connectivity index (χ0v) is 11.3. The number of nitrogens with zero attached hydrogens (tertiary/aromatic N) is 2. The molecule has 3 rings (SSSR count). The molecular weight excluding hydrogens is 284 g/mol. The lowest BCUT2D eigenvalue weighted by Crippen LogP contribution is -1.79. The van der Waals surface area contributed by atoms with Gasteiger partial charge >= 0.3 is 0 Å². The predicted molar refractivity (Wildman–Crippen MR) is 73.0 cm³/mol. The van der Waals surface area contributed by atoms with Crippen LogP contribution in [0.5, 0.6) is 0 Å². The normalized spacial score (nSPS) is 10.8. The molecule has 2 aromatic heterocycles. The van der Waals surface area contributed by atoms with Gasteiger partial charge in [0.2, 0.25) is 0 Å². The molecule has 0 atom stereocenters. The number of rotatable bonds is 4. The van der Waals surface area contributed by atoms with E-state index in [0.29, 0.717) is 16.9 Å². The molecule has 0 radical (unpaired) electrons. The fraction of sp³-hybridized carbons (Fsp3) is 0.0769. The molecule has 0 amide bonds. The van der Waals surface area contributed by atoms with Crippen LogP contribution in [0.3, 0.4) is 0 Å². The number of hydrogen-bond donors (Lipinski definition) is 0. The molecule has 0 saturated carbocycles. The Bertz CT molecular complexity index is 650. The highest BCUT2D eigenvalue weighted by Crippen LogP contribution is 2.26. The Hall–Kier alpha value is -1.72. The molecular formula is C13H9ClN2O2S. The number of aromatic nitrogens is 2. The molecule has 6 heteroatoms. The molecule has 0 aliphatic carbocycles. The predicted octanol–water partition coefficient (Wildman–Crippen LogP) is 4.28. The van der Waals surface area contributed by atoms with Crippen LogP contribution in [0.15, 0.2) is 56.7 Å². The monoisotopic (exact) mass is 292 g/mol. The first kappa shape index (κ1) is 12.3. The van der Waals surface area contributed by atoms with E-state index in [-0.39, 0.29) is 0 Å². The average molecular weight is 293 g/mol. The van der Waals surface area contributed by atoms with E-state index < -0.39 is 0 Å². The third-order valence-corrected chi connectivity index (χ3v) is 3.56. The second-order valence-corrected chi connectivity index (χ2v) is 5.13. The number of benzene rings is 1. The van der Waals surface area contributed by atoms with Gasteiger partial charge in [-0.15, -0.1) is 10.2 Å². The first-order chi connectivity index (χ1) is 9.31. The van der Waals surface area contributed by atoms with E-state index in [4.69, 9.17) is 20.4 Å². The van der Waals surface area contributed by atoms with Crippen LogP contribution in [0.2, 0.25) is 5.02 Å². The summed E-state index contributed by atoms with van der Waals surface area (Å²) in [5, 5.41) is 9.14. The molecule has 0 spiro atoms. The van der Waals surface area contributed by atoms with Gasteiger partial charge in [-0.05, 0) is 29.8 Å². The fourth-order valence-corrected chi connectivity index (χ4v) is 2.34. The fourth-order valence-electron chi connectivity index (χ4n) is 1.49. The summed E-state index contributed by atoms with van der Waals surface area (Å²) < 4.78 is 10.7. The first-order valence-electron chi connectivity index (χ1n) is 5.56. The van der Waals surface area contributed by atoms with Crippen LogP contribution in [-0.4, -0.2) is 10.2 Å². The topological polar surface area (TPSA) is 52.1 Å². The molecule has 1 aromatic carbocycles. The highest BCUT2D eigenvalue weighted by molar-refractivity contribution is 7.98. The Kier molecular flexibility index (Phi) is 3.57. The van der Waals surface area contributed by atoms with E-state index in [0.717, 1.165) is 16.3 Å². The van der Waals surface area contributed by atoms with Crippen molar-refractivity contribution < 1.29 is 8.83 Å². The van der Waals surface area contributed by atoms with E-state index in [1.165, 1.54) is 11.8 Å². The quantitative estimate of drug-likeness (QED) is 0.672. The van der Waals surface area contributed by atoms with E-state index in [2.05, 4.69) is 10.2 Å². The van der Waals surface area contributed by atoms with Crippen LogP contribution >= 0.6 is 23.4 Å². The Balaban J connectivity index is 1.66. The molecule has 96 valence electrons. The molecule has 2 heterocycles. The number of hydrogen-bond acceptors (Lipinski definition) is 5. The minimum Gasteiger partial charge on any atom is -0.459 e.